The highest BCUT2D eigenvalue weighted by Gasteiger charge is 2.23. The average Bonchev–Trinajstić information content (AvgIpc) is 2.61. The maximum Gasteiger partial charge on any atom is 0.213 e. The third kappa shape index (κ3) is 7.15. The van der Waals surface area contributed by atoms with E-state index in [2.05, 4.69) is 54.8 Å². The Bertz CT molecular complexity index is 732. The lowest BCUT2D eigenvalue weighted by molar-refractivity contribution is -0.00522. The minimum absolute atomic E-state index is 0.252. The predicted molar refractivity (Wildman–Crippen MR) is 123 cm³/mol. The number of nitrogens with zero attached hydrogens (tertiary/aromatic N) is 1. The van der Waals surface area contributed by atoms with Crippen LogP contribution in [0.3, 0.4) is 0 Å². The van der Waals surface area contributed by atoms with Crippen LogP contribution in [0.4, 0.5) is 11.4 Å². The molecule has 1 aliphatic heterocycles. The van der Waals surface area contributed by atoms with Gasteiger partial charge in [-0.25, -0.2) is 13.1 Å². The van der Waals surface area contributed by atoms with Crippen LogP contribution in [0, 0.1) is 13.8 Å². The van der Waals surface area contributed by atoms with E-state index < -0.39 is 10.0 Å². The van der Waals surface area contributed by atoms with Crippen LogP contribution < -0.4 is 14.9 Å². The summed E-state index contributed by atoms with van der Waals surface area (Å²) in [7, 11) is -3.14. The van der Waals surface area contributed by atoms with Crippen LogP contribution in [0.2, 0.25) is 0 Å². The minimum Gasteiger partial charge on any atom is -0.385 e. The van der Waals surface area contributed by atoms with Crippen LogP contribution in [-0.2, 0) is 14.8 Å². The number of benzene rings is 1. The van der Waals surface area contributed by atoms with Gasteiger partial charge in [0.1, 0.15) is 0 Å². The fraction of sp³-hybridized carbons (Fsp3) is 0.727. The lowest BCUT2D eigenvalue weighted by Crippen LogP contribution is -2.45. The highest BCUT2D eigenvalue weighted by atomic mass is 32.2. The molecule has 0 radical (unpaired) electrons. The summed E-state index contributed by atoms with van der Waals surface area (Å²) in [4.78, 5) is 2.42. The van der Waals surface area contributed by atoms with E-state index in [4.69, 9.17) is 4.74 Å². The predicted octanol–water partition coefficient (Wildman–Crippen LogP) is 3.83. The summed E-state index contributed by atoms with van der Waals surface area (Å²) in [5.74, 6) is 0. The number of sulfonamides is 1. The van der Waals surface area contributed by atoms with E-state index in [9.17, 15) is 8.42 Å². The van der Waals surface area contributed by atoms with Crippen LogP contribution in [-0.4, -0.2) is 52.1 Å². The van der Waals surface area contributed by atoms with Gasteiger partial charge in [0.2, 0.25) is 10.0 Å². The van der Waals surface area contributed by atoms with Gasteiger partial charge in [0, 0.05) is 37.6 Å². The van der Waals surface area contributed by atoms with Crippen LogP contribution in [0.5, 0.6) is 0 Å². The molecule has 1 heterocycles. The maximum atomic E-state index is 11.7. The molecular weight excluding hydrogens is 386 g/mol. The van der Waals surface area contributed by atoms with Gasteiger partial charge >= 0.3 is 0 Å². The standard InChI is InChI=1S/C22H39N3O3S/c1-16(2)29(26,27)24-11-9-7-8-10-23-22-17(3)12-21(13-18(22)4)25-14-19(5)28-20(6)15-25/h12-13,16,19-20,23-24H,7-11,14-15H2,1-6H3/t19-,20+. The second-order valence-corrected chi connectivity index (χ2v) is 10.9. The fourth-order valence-electron chi connectivity index (χ4n) is 3.81. The van der Waals surface area contributed by atoms with Crippen molar-refractivity contribution in [1.29, 1.82) is 0 Å². The van der Waals surface area contributed by atoms with Crippen molar-refractivity contribution in [3.05, 3.63) is 23.3 Å². The first-order chi connectivity index (χ1) is 13.6. The van der Waals surface area contributed by atoms with Crippen molar-refractivity contribution in [3.63, 3.8) is 0 Å². The van der Waals surface area contributed by atoms with Gasteiger partial charge in [-0.05, 0) is 77.6 Å². The van der Waals surface area contributed by atoms with Crippen LogP contribution in [0.15, 0.2) is 12.1 Å². The van der Waals surface area contributed by atoms with Crippen LogP contribution >= 0.6 is 0 Å². The monoisotopic (exact) mass is 425 g/mol. The lowest BCUT2D eigenvalue weighted by Gasteiger charge is -2.37. The molecule has 0 bridgehead atoms. The van der Waals surface area contributed by atoms with Gasteiger partial charge in [-0.2, -0.15) is 0 Å². The van der Waals surface area contributed by atoms with Gasteiger partial charge in [0.15, 0.2) is 0 Å². The van der Waals surface area contributed by atoms with Crippen molar-refractivity contribution in [2.24, 2.45) is 0 Å². The highest BCUT2D eigenvalue weighted by Crippen LogP contribution is 2.29. The van der Waals surface area contributed by atoms with Crippen molar-refractivity contribution >= 4 is 21.4 Å². The van der Waals surface area contributed by atoms with Crippen molar-refractivity contribution in [2.75, 3.05) is 36.4 Å². The SMILES string of the molecule is Cc1cc(N2C[C@@H](C)O[C@@H](C)C2)cc(C)c1NCCCCCNS(=O)(=O)C(C)C. The Kier molecular flexibility index (Phi) is 8.79. The Labute approximate surface area is 177 Å². The normalized spacial score (nSPS) is 20.3. The number of aryl methyl sites for hydroxylation is 2. The third-order valence-corrected chi connectivity index (χ3v) is 7.23. The topological polar surface area (TPSA) is 70.7 Å². The van der Waals surface area contributed by atoms with E-state index in [1.54, 1.807) is 13.8 Å². The second-order valence-electron chi connectivity index (χ2n) is 8.59. The zero-order chi connectivity index (χ0) is 21.6. The molecule has 1 aromatic rings. The Morgan fingerprint density at radius 2 is 1.59 bits per heavy atom. The molecule has 2 N–H and O–H groups in total. The summed E-state index contributed by atoms with van der Waals surface area (Å²) < 4.78 is 32.0. The molecule has 0 amide bonds. The lowest BCUT2D eigenvalue weighted by atomic mass is 10.1. The number of unbranched alkanes of at least 4 members (excludes halogenated alkanes) is 2. The van der Waals surface area contributed by atoms with Gasteiger partial charge in [0.05, 0.1) is 17.5 Å². The molecule has 0 unspecified atom stereocenters. The number of morpholine rings is 1. The minimum atomic E-state index is -3.14. The summed E-state index contributed by atoms with van der Waals surface area (Å²) in [6.07, 6.45) is 3.37. The van der Waals surface area contributed by atoms with Crippen molar-refractivity contribution in [2.45, 2.75) is 78.3 Å². The number of nitrogens with one attached hydrogen (secondary N) is 2. The van der Waals surface area contributed by atoms with Crippen molar-refractivity contribution < 1.29 is 13.2 Å². The van der Waals surface area contributed by atoms with Gasteiger partial charge in [-0.1, -0.05) is 6.42 Å². The van der Waals surface area contributed by atoms with Crippen molar-refractivity contribution in [1.82, 2.24) is 4.72 Å². The highest BCUT2D eigenvalue weighted by molar-refractivity contribution is 7.90. The molecule has 7 heteroatoms. The second kappa shape index (κ2) is 10.6. The summed E-state index contributed by atoms with van der Waals surface area (Å²) >= 11 is 0. The molecule has 2 atom stereocenters. The summed E-state index contributed by atoms with van der Waals surface area (Å²) in [6.45, 7) is 15.2. The average molecular weight is 426 g/mol. The zero-order valence-corrected chi connectivity index (χ0v) is 19.7. The molecule has 166 valence electrons. The van der Waals surface area contributed by atoms with Gasteiger partial charge in [-0.3, -0.25) is 0 Å². The molecule has 0 aliphatic carbocycles. The molecule has 6 nitrogen and oxygen atoms in total. The quantitative estimate of drug-likeness (QED) is 0.558. The van der Waals surface area contributed by atoms with Gasteiger partial charge in [0.25, 0.3) is 0 Å². The van der Waals surface area contributed by atoms with E-state index >= 15 is 0 Å². The smallest absolute Gasteiger partial charge is 0.213 e. The molecule has 0 saturated carbocycles. The van der Waals surface area contributed by atoms with Gasteiger partial charge in [-0.15, -0.1) is 0 Å². The Balaban J connectivity index is 1.80. The largest absolute Gasteiger partial charge is 0.385 e. The van der Waals surface area contributed by atoms with E-state index in [1.807, 2.05) is 0 Å². The fourth-order valence-corrected chi connectivity index (χ4v) is 4.57. The number of hydrogen-bond acceptors (Lipinski definition) is 5. The first-order valence-electron chi connectivity index (χ1n) is 10.8. The van der Waals surface area contributed by atoms with Crippen LogP contribution in [0.1, 0.15) is 58.1 Å². The zero-order valence-electron chi connectivity index (χ0n) is 18.9. The summed E-state index contributed by atoms with van der Waals surface area (Å²) in [6, 6.07) is 4.53. The van der Waals surface area contributed by atoms with E-state index in [0.717, 1.165) is 38.9 Å². The van der Waals surface area contributed by atoms with E-state index in [0.29, 0.717) is 6.54 Å². The van der Waals surface area contributed by atoms with E-state index in [1.165, 1.54) is 22.5 Å². The van der Waals surface area contributed by atoms with Gasteiger partial charge < -0.3 is 15.0 Å². The molecule has 29 heavy (non-hydrogen) atoms. The Morgan fingerprint density at radius 1 is 1.03 bits per heavy atom. The molecule has 1 saturated heterocycles. The molecule has 0 spiro atoms. The molecule has 1 aromatic carbocycles. The van der Waals surface area contributed by atoms with Crippen LogP contribution in [0.25, 0.3) is 0 Å². The summed E-state index contributed by atoms with van der Waals surface area (Å²) in [5, 5.41) is 3.20. The number of ether oxygens (including phenoxy) is 1. The molecular formula is C22H39N3O3S. The first kappa shape index (κ1) is 24.0. The molecule has 0 aromatic heterocycles. The van der Waals surface area contributed by atoms with Crippen molar-refractivity contribution in [3.8, 4) is 0 Å². The Hall–Kier alpha value is -1.31. The number of rotatable bonds is 10. The van der Waals surface area contributed by atoms with E-state index in [-0.39, 0.29) is 17.5 Å². The number of anilines is 2. The summed E-state index contributed by atoms with van der Waals surface area (Å²) in [5.41, 5.74) is 5.00. The molecule has 1 fully saturated rings. The maximum absolute atomic E-state index is 11.7. The first-order valence-corrected chi connectivity index (χ1v) is 12.4. The third-order valence-electron chi connectivity index (χ3n) is 5.38. The Morgan fingerprint density at radius 3 is 2.14 bits per heavy atom. The molecule has 2 rings (SSSR count). The molecule has 1 aliphatic rings. The number of hydrogen-bond donors (Lipinski definition) is 2.